The van der Waals surface area contributed by atoms with E-state index in [1.807, 2.05) is 20.8 Å². The molecule has 1 N–H and O–H groups in total. The summed E-state index contributed by atoms with van der Waals surface area (Å²) < 4.78 is 39.0. The van der Waals surface area contributed by atoms with Crippen LogP contribution in [0.25, 0.3) is 0 Å². The van der Waals surface area contributed by atoms with E-state index in [2.05, 4.69) is 9.97 Å². The van der Waals surface area contributed by atoms with Crippen molar-refractivity contribution < 1.29 is 17.3 Å². The van der Waals surface area contributed by atoms with Gasteiger partial charge in [0.1, 0.15) is 5.82 Å². The molecule has 0 saturated heterocycles. The van der Waals surface area contributed by atoms with Gasteiger partial charge >= 0.3 is 7.25 Å². The number of halogens is 4. The summed E-state index contributed by atoms with van der Waals surface area (Å²) >= 11 is 0. The molecule has 76 valence electrons. The number of nitrogens with one attached hydrogen (secondary N) is 1. The molecule has 0 bridgehead atoms. The van der Waals surface area contributed by atoms with Crippen molar-refractivity contribution in [1.82, 2.24) is 9.97 Å². The van der Waals surface area contributed by atoms with Crippen molar-refractivity contribution >= 4 is 7.25 Å². The number of nitrogens with zero attached hydrogens (tertiary/aromatic N) is 1. The molecule has 0 aliphatic carbocycles. The smallest absolute Gasteiger partial charge is 0.418 e. The maximum Gasteiger partial charge on any atom is 0.673 e. The van der Waals surface area contributed by atoms with Gasteiger partial charge in [-0.05, 0) is 20.8 Å². The molecule has 1 rings (SSSR count). The van der Waals surface area contributed by atoms with Gasteiger partial charge in [-0.1, -0.05) is 0 Å². The number of imidazole rings is 1. The minimum Gasteiger partial charge on any atom is -0.418 e. The van der Waals surface area contributed by atoms with E-state index in [1.165, 1.54) is 5.69 Å². The highest BCUT2D eigenvalue weighted by molar-refractivity contribution is 6.50. The van der Waals surface area contributed by atoms with Crippen LogP contribution in [0.15, 0.2) is 0 Å². The molecule has 7 heteroatoms. The van der Waals surface area contributed by atoms with Crippen LogP contribution in [0.5, 0.6) is 0 Å². The monoisotopic (exact) mass is 197 g/mol. The number of H-pyrrole nitrogens is 1. The first kappa shape index (κ1) is 12.0. The zero-order valence-electron chi connectivity index (χ0n) is 7.54. The Morgan fingerprint density at radius 2 is 1.46 bits per heavy atom. The maximum absolute atomic E-state index is 9.75. The summed E-state index contributed by atoms with van der Waals surface area (Å²) in [6.07, 6.45) is 0. The van der Waals surface area contributed by atoms with E-state index in [0.717, 1.165) is 11.5 Å². The summed E-state index contributed by atoms with van der Waals surface area (Å²) in [4.78, 5) is 7.25. The fourth-order valence-electron chi connectivity index (χ4n) is 0.725. The predicted octanol–water partition coefficient (Wildman–Crippen LogP) is 2.63. The topological polar surface area (TPSA) is 28.7 Å². The van der Waals surface area contributed by atoms with E-state index in [-0.39, 0.29) is 0 Å². The lowest BCUT2D eigenvalue weighted by atomic mass is 10.3. The second-order valence-corrected chi connectivity index (χ2v) is 2.53. The third-order valence-electron chi connectivity index (χ3n) is 1.25. The molecule has 1 heterocycles. The molecule has 0 saturated carbocycles. The molecule has 13 heavy (non-hydrogen) atoms. The molecule has 0 aromatic carbocycles. The van der Waals surface area contributed by atoms with Crippen molar-refractivity contribution in [1.29, 1.82) is 0 Å². The van der Waals surface area contributed by atoms with Gasteiger partial charge < -0.3 is 22.2 Å². The first-order valence-corrected chi connectivity index (χ1v) is 3.57. The van der Waals surface area contributed by atoms with Crippen LogP contribution >= 0.6 is 0 Å². The Hall–Kier alpha value is -1.01. The van der Waals surface area contributed by atoms with E-state index in [1.54, 1.807) is 0 Å². The van der Waals surface area contributed by atoms with Crippen LogP contribution in [-0.4, -0.2) is 17.2 Å². The normalized spacial score (nSPS) is 10.7. The summed E-state index contributed by atoms with van der Waals surface area (Å²) in [5.41, 5.74) is 2.27. The summed E-state index contributed by atoms with van der Waals surface area (Å²) in [7, 11) is -6.00. The molecule has 0 radical (unpaired) electrons. The first-order valence-electron chi connectivity index (χ1n) is 3.57. The van der Waals surface area contributed by atoms with Crippen LogP contribution in [0.1, 0.15) is 17.2 Å². The third kappa shape index (κ3) is 7.36. The van der Waals surface area contributed by atoms with Crippen molar-refractivity contribution in [2.45, 2.75) is 20.8 Å². The number of rotatable bonds is 0. The fraction of sp³-hybridized carbons (Fsp3) is 0.500. The summed E-state index contributed by atoms with van der Waals surface area (Å²) in [5.74, 6) is 1.00. The van der Waals surface area contributed by atoms with Crippen molar-refractivity contribution in [3.05, 3.63) is 17.2 Å². The van der Waals surface area contributed by atoms with Gasteiger partial charge in [0.2, 0.25) is 0 Å². The van der Waals surface area contributed by atoms with Gasteiger partial charge in [0.05, 0.1) is 5.69 Å². The second-order valence-electron chi connectivity index (χ2n) is 2.53. The average molecular weight is 197 g/mol. The zero-order chi connectivity index (χ0) is 10.6. The Labute approximate surface area is 73.5 Å². The number of hydrogen-bond donors (Lipinski definition) is 1. The highest BCUT2D eigenvalue weighted by Crippen LogP contribution is 2.06. The van der Waals surface area contributed by atoms with Crippen LogP contribution in [0.4, 0.5) is 17.3 Å². The molecule has 0 amide bonds. The molecule has 0 fully saturated rings. The SMILES string of the molecule is Cc1nc(C)c(C)[nH]1.F[B-](F)(F)F. The van der Waals surface area contributed by atoms with E-state index < -0.39 is 7.25 Å². The molecule has 0 unspecified atom stereocenters. The van der Waals surface area contributed by atoms with Crippen molar-refractivity contribution in [2.75, 3.05) is 0 Å². The number of aromatic amines is 1. The zero-order valence-corrected chi connectivity index (χ0v) is 7.54. The molecule has 2 nitrogen and oxygen atoms in total. The highest BCUT2D eigenvalue weighted by Gasteiger charge is 2.20. The Balaban J connectivity index is 0.000000252. The van der Waals surface area contributed by atoms with Crippen LogP contribution < -0.4 is 0 Å². The molecule has 0 atom stereocenters. The van der Waals surface area contributed by atoms with Gasteiger partial charge in [-0.3, -0.25) is 0 Å². The molecular formula is C6H10BF4N2-. The van der Waals surface area contributed by atoms with Crippen LogP contribution in [0.2, 0.25) is 0 Å². The van der Waals surface area contributed by atoms with E-state index in [9.17, 15) is 17.3 Å². The highest BCUT2D eigenvalue weighted by atomic mass is 19.5. The lowest BCUT2D eigenvalue weighted by Gasteiger charge is -1.94. The van der Waals surface area contributed by atoms with Gasteiger partial charge in [-0.2, -0.15) is 0 Å². The maximum atomic E-state index is 9.75. The Bertz CT molecular complexity index is 243. The second kappa shape index (κ2) is 4.29. The Morgan fingerprint density at radius 1 is 1.08 bits per heavy atom. The molecule has 0 spiro atoms. The number of aromatic nitrogens is 2. The Morgan fingerprint density at radius 3 is 1.54 bits per heavy atom. The molecule has 1 aromatic heterocycles. The molecular weight excluding hydrogens is 187 g/mol. The van der Waals surface area contributed by atoms with Gasteiger partial charge in [-0.15, -0.1) is 0 Å². The van der Waals surface area contributed by atoms with Crippen LogP contribution in [0, 0.1) is 20.8 Å². The van der Waals surface area contributed by atoms with Crippen molar-refractivity contribution in [3.63, 3.8) is 0 Å². The summed E-state index contributed by atoms with van der Waals surface area (Å²) in [5, 5.41) is 0. The standard InChI is InChI=1S/C6H10N2.BF4/c1-4-5(2)8-6(3)7-4;2-1(3,4)5/h1-3H3,(H,7,8);/q;-1. The minimum atomic E-state index is -6.00. The van der Waals surface area contributed by atoms with Crippen LogP contribution in [-0.2, 0) is 0 Å². The Kier molecular flexibility index (Phi) is 3.96. The third-order valence-corrected chi connectivity index (χ3v) is 1.25. The predicted molar refractivity (Wildman–Crippen MR) is 43.0 cm³/mol. The first-order chi connectivity index (χ1) is 5.70. The lowest BCUT2D eigenvalue weighted by Crippen LogP contribution is -2.02. The lowest BCUT2D eigenvalue weighted by molar-refractivity contribution is 0.368. The summed E-state index contributed by atoms with van der Waals surface area (Å²) in [6.45, 7) is 5.98. The van der Waals surface area contributed by atoms with Gasteiger partial charge in [0, 0.05) is 5.69 Å². The van der Waals surface area contributed by atoms with E-state index in [4.69, 9.17) is 0 Å². The molecule has 0 aliphatic rings. The number of hydrogen-bond acceptors (Lipinski definition) is 1. The molecule has 1 aromatic rings. The fourth-order valence-corrected chi connectivity index (χ4v) is 0.725. The van der Waals surface area contributed by atoms with Gasteiger partial charge in [0.25, 0.3) is 0 Å². The van der Waals surface area contributed by atoms with E-state index in [0.29, 0.717) is 0 Å². The average Bonchev–Trinajstić information content (AvgIpc) is 2.05. The largest absolute Gasteiger partial charge is 0.673 e. The molecule has 0 aliphatic heterocycles. The summed E-state index contributed by atoms with van der Waals surface area (Å²) in [6, 6.07) is 0. The van der Waals surface area contributed by atoms with Crippen molar-refractivity contribution in [2.24, 2.45) is 0 Å². The van der Waals surface area contributed by atoms with Gasteiger partial charge in [-0.25, -0.2) is 4.98 Å². The number of aryl methyl sites for hydroxylation is 3. The minimum absolute atomic E-state index is 1.00. The van der Waals surface area contributed by atoms with Gasteiger partial charge in [0.15, 0.2) is 0 Å². The van der Waals surface area contributed by atoms with Crippen LogP contribution in [0.3, 0.4) is 0 Å². The quantitative estimate of drug-likeness (QED) is 0.502. The van der Waals surface area contributed by atoms with Crippen molar-refractivity contribution in [3.8, 4) is 0 Å². The van der Waals surface area contributed by atoms with E-state index >= 15 is 0 Å².